The Morgan fingerprint density at radius 2 is 2.22 bits per heavy atom. The normalized spacial score (nSPS) is 11.1. The third-order valence-electron chi connectivity index (χ3n) is 2.74. The molecule has 0 saturated heterocycles. The summed E-state index contributed by atoms with van der Waals surface area (Å²) < 4.78 is 0.860. The van der Waals surface area contributed by atoms with Crippen molar-refractivity contribution in [1.29, 1.82) is 0 Å². The van der Waals surface area contributed by atoms with Crippen molar-refractivity contribution in [3.8, 4) is 0 Å². The zero-order chi connectivity index (χ0) is 16.7. The molecule has 0 radical (unpaired) electrons. The number of nitrogens with zero attached hydrogens (tertiary/aromatic N) is 2. The SMILES string of the molecule is CCCCSc1nnc(NC(=O)/C=C/c2ccc(Cl)cc2Cl)s1. The van der Waals surface area contributed by atoms with Crippen LogP contribution in [0.3, 0.4) is 0 Å². The van der Waals surface area contributed by atoms with Crippen LogP contribution in [0.15, 0.2) is 28.6 Å². The van der Waals surface area contributed by atoms with Crippen LogP contribution >= 0.6 is 46.3 Å². The summed E-state index contributed by atoms with van der Waals surface area (Å²) >= 11 is 14.9. The molecule has 1 aromatic heterocycles. The first kappa shape index (κ1) is 18.3. The standard InChI is InChI=1S/C15H15Cl2N3OS2/c1-2-3-8-22-15-20-19-14(23-15)18-13(21)7-5-10-4-6-11(16)9-12(10)17/h4-7,9H,2-3,8H2,1H3,(H,18,19,21)/b7-5+. The van der Waals surface area contributed by atoms with Crippen LogP contribution in [0, 0.1) is 0 Å². The van der Waals surface area contributed by atoms with Crippen LogP contribution in [0.25, 0.3) is 6.08 Å². The zero-order valence-corrected chi connectivity index (χ0v) is 15.5. The fourth-order valence-electron chi connectivity index (χ4n) is 1.57. The van der Waals surface area contributed by atoms with Crippen molar-refractivity contribution in [2.45, 2.75) is 24.1 Å². The van der Waals surface area contributed by atoms with E-state index in [1.54, 1.807) is 36.0 Å². The highest BCUT2D eigenvalue weighted by atomic mass is 35.5. The lowest BCUT2D eigenvalue weighted by Crippen LogP contribution is -2.07. The van der Waals surface area contributed by atoms with Gasteiger partial charge in [-0.3, -0.25) is 10.1 Å². The van der Waals surface area contributed by atoms with Crippen LogP contribution in [0.4, 0.5) is 5.13 Å². The first-order chi connectivity index (χ1) is 11.1. The van der Waals surface area contributed by atoms with Crippen LogP contribution in [-0.4, -0.2) is 21.9 Å². The van der Waals surface area contributed by atoms with Gasteiger partial charge in [0.2, 0.25) is 11.0 Å². The minimum absolute atomic E-state index is 0.280. The molecule has 1 heterocycles. The lowest BCUT2D eigenvalue weighted by Gasteiger charge is -1.99. The molecule has 0 saturated carbocycles. The molecule has 0 spiro atoms. The van der Waals surface area contributed by atoms with Crippen molar-refractivity contribution in [1.82, 2.24) is 10.2 Å². The van der Waals surface area contributed by atoms with E-state index in [-0.39, 0.29) is 5.91 Å². The summed E-state index contributed by atoms with van der Waals surface area (Å²) in [7, 11) is 0. The molecule has 0 aliphatic rings. The summed E-state index contributed by atoms with van der Waals surface area (Å²) in [6.45, 7) is 2.14. The maximum Gasteiger partial charge on any atom is 0.250 e. The average Bonchev–Trinajstić information content (AvgIpc) is 2.94. The molecule has 0 unspecified atom stereocenters. The average molecular weight is 388 g/mol. The van der Waals surface area contributed by atoms with Gasteiger partial charge in [0, 0.05) is 21.9 Å². The van der Waals surface area contributed by atoms with Crippen LogP contribution in [-0.2, 0) is 4.79 Å². The third kappa shape index (κ3) is 6.14. The summed E-state index contributed by atoms with van der Waals surface area (Å²) in [5.74, 6) is 0.728. The van der Waals surface area contributed by atoms with E-state index in [9.17, 15) is 4.79 Å². The van der Waals surface area contributed by atoms with E-state index < -0.39 is 0 Å². The van der Waals surface area contributed by atoms with Gasteiger partial charge in [0.05, 0.1) is 0 Å². The van der Waals surface area contributed by atoms with Gasteiger partial charge in [-0.1, -0.05) is 65.7 Å². The first-order valence-electron chi connectivity index (χ1n) is 6.99. The summed E-state index contributed by atoms with van der Waals surface area (Å²) in [6, 6.07) is 5.10. The predicted octanol–water partition coefficient (Wildman–Crippen LogP) is 5.39. The number of carbonyl (C=O) groups is 1. The Morgan fingerprint density at radius 3 is 2.96 bits per heavy atom. The number of benzene rings is 1. The number of thioether (sulfide) groups is 1. The van der Waals surface area contributed by atoms with Crippen molar-refractivity contribution in [2.24, 2.45) is 0 Å². The lowest BCUT2D eigenvalue weighted by atomic mass is 10.2. The molecule has 0 bridgehead atoms. The van der Waals surface area contributed by atoms with Crippen LogP contribution in [0.1, 0.15) is 25.3 Å². The van der Waals surface area contributed by atoms with Crippen molar-refractivity contribution in [2.75, 3.05) is 11.1 Å². The molecule has 122 valence electrons. The molecule has 2 rings (SSSR count). The van der Waals surface area contributed by atoms with Gasteiger partial charge in [-0.2, -0.15) is 0 Å². The van der Waals surface area contributed by atoms with E-state index in [0.29, 0.717) is 15.2 Å². The molecule has 0 atom stereocenters. The van der Waals surface area contributed by atoms with Crippen molar-refractivity contribution >= 4 is 63.4 Å². The van der Waals surface area contributed by atoms with E-state index in [1.165, 1.54) is 17.4 Å². The van der Waals surface area contributed by atoms with Crippen molar-refractivity contribution < 1.29 is 4.79 Å². The van der Waals surface area contributed by atoms with Gasteiger partial charge < -0.3 is 0 Å². The Morgan fingerprint density at radius 1 is 1.39 bits per heavy atom. The minimum atomic E-state index is -0.280. The molecule has 1 amide bonds. The van der Waals surface area contributed by atoms with E-state index >= 15 is 0 Å². The number of aromatic nitrogens is 2. The maximum absolute atomic E-state index is 11.9. The monoisotopic (exact) mass is 387 g/mol. The van der Waals surface area contributed by atoms with Crippen LogP contribution in [0.2, 0.25) is 10.0 Å². The van der Waals surface area contributed by atoms with E-state index in [2.05, 4.69) is 22.4 Å². The molecule has 2 aromatic rings. The summed E-state index contributed by atoms with van der Waals surface area (Å²) in [6.07, 6.45) is 5.32. The second kappa shape index (κ2) is 9.27. The molecule has 1 aromatic carbocycles. The molecule has 4 nitrogen and oxygen atoms in total. The number of unbranched alkanes of at least 4 members (excludes halogenated alkanes) is 1. The molecule has 23 heavy (non-hydrogen) atoms. The molecule has 8 heteroatoms. The zero-order valence-electron chi connectivity index (χ0n) is 12.4. The van der Waals surface area contributed by atoms with Gasteiger partial charge in [-0.15, -0.1) is 10.2 Å². The largest absolute Gasteiger partial charge is 0.297 e. The number of rotatable bonds is 7. The van der Waals surface area contributed by atoms with Crippen molar-refractivity contribution in [3.05, 3.63) is 39.9 Å². The number of hydrogen-bond acceptors (Lipinski definition) is 5. The quantitative estimate of drug-likeness (QED) is 0.299. The predicted molar refractivity (Wildman–Crippen MR) is 99.7 cm³/mol. The second-order valence-corrected chi connectivity index (χ2v) is 7.73. The highest BCUT2D eigenvalue weighted by Gasteiger charge is 2.07. The number of nitrogens with one attached hydrogen (secondary N) is 1. The second-order valence-electron chi connectivity index (χ2n) is 4.56. The summed E-state index contributed by atoms with van der Waals surface area (Å²) in [5.41, 5.74) is 0.722. The van der Waals surface area contributed by atoms with Gasteiger partial charge in [-0.05, 0) is 30.2 Å². The fraction of sp³-hybridized carbons (Fsp3) is 0.267. The van der Waals surface area contributed by atoms with E-state index in [0.717, 1.165) is 28.5 Å². The topological polar surface area (TPSA) is 54.9 Å². The lowest BCUT2D eigenvalue weighted by molar-refractivity contribution is -0.111. The Kier molecular flexibility index (Phi) is 7.36. The Hall–Kier alpha value is -1.08. The smallest absolute Gasteiger partial charge is 0.250 e. The number of anilines is 1. The van der Waals surface area contributed by atoms with Gasteiger partial charge in [0.1, 0.15) is 0 Å². The summed E-state index contributed by atoms with van der Waals surface area (Å²) in [4.78, 5) is 11.9. The van der Waals surface area contributed by atoms with Gasteiger partial charge in [-0.25, -0.2) is 0 Å². The molecule has 0 fully saturated rings. The van der Waals surface area contributed by atoms with Gasteiger partial charge in [0.25, 0.3) is 0 Å². The Balaban J connectivity index is 1.90. The third-order valence-corrected chi connectivity index (χ3v) is 5.36. The highest BCUT2D eigenvalue weighted by Crippen LogP contribution is 2.26. The molecule has 1 N–H and O–H groups in total. The maximum atomic E-state index is 11.9. The molecule has 0 aliphatic carbocycles. The molecule has 0 aliphatic heterocycles. The van der Waals surface area contributed by atoms with Crippen LogP contribution in [0.5, 0.6) is 0 Å². The summed E-state index contributed by atoms with van der Waals surface area (Å²) in [5, 5.41) is 12.2. The Bertz CT molecular complexity index is 704. The number of carbonyl (C=O) groups excluding carboxylic acids is 1. The highest BCUT2D eigenvalue weighted by molar-refractivity contribution is 8.01. The van der Waals surface area contributed by atoms with Crippen molar-refractivity contribution in [3.63, 3.8) is 0 Å². The minimum Gasteiger partial charge on any atom is -0.297 e. The fourth-order valence-corrected chi connectivity index (χ4v) is 3.95. The number of halogens is 2. The molecular formula is C15H15Cl2N3OS2. The van der Waals surface area contributed by atoms with E-state index in [4.69, 9.17) is 23.2 Å². The number of hydrogen-bond donors (Lipinski definition) is 1. The van der Waals surface area contributed by atoms with Gasteiger partial charge >= 0.3 is 0 Å². The number of amides is 1. The van der Waals surface area contributed by atoms with Crippen LogP contribution < -0.4 is 5.32 Å². The van der Waals surface area contributed by atoms with E-state index in [1.807, 2.05) is 0 Å². The van der Waals surface area contributed by atoms with Gasteiger partial charge in [0.15, 0.2) is 4.34 Å². The first-order valence-corrected chi connectivity index (χ1v) is 9.54. The molecular weight excluding hydrogens is 373 g/mol. The Labute approximate surface area is 153 Å².